The number of rotatable bonds is 3. The number of aromatic amines is 1. The van der Waals surface area contributed by atoms with Gasteiger partial charge in [-0.2, -0.15) is 10.1 Å². The molecule has 7 nitrogen and oxygen atoms in total. The molecule has 23 heavy (non-hydrogen) atoms. The van der Waals surface area contributed by atoms with E-state index in [1.165, 1.54) is 5.57 Å². The summed E-state index contributed by atoms with van der Waals surface area (Å²) in [6.07, 6.45) is 4.78. The molecule has 0 unspecified atom stereocenters. The molecule has 0 fully saturated rings. The maximum atomic E-state index is 6.44. The zero-order valence-electron chi connectivity index (χ0n) is 12.6. The van der Waals surface area contributed by atoms with Gasteiger partial charge in [-0.05, 0) is 30.7 Å². The first-order chi connectivity index (χ1) is 11.2. The molecule has 0 radical (unpaired) electrons. The maximum absolute atomic E-state index is 6.44. The van der Waals surface area contributed by atoms with E-state index in [0.29, 0.717) is 11.0 Å². The van der Waals surface area contributed by atoms with Crippen molar-refractivity contribution in [3.05, 3.63) is 35.3 Å². The number of aryl methyl sites for hydroxylation is 1. The Hall–Kier alpha value is -2.38. The summed E-state index contributed by atoms with van der Waals surface area (Å²) in [5.41, 5.74) is 2.85. The van der Waals surface area contributed by atoms with Gasteiger partial charge in [-0.15, -0.1) is 5.10 Å². The lowest BCUT2D eigenvalue weighted by atomic mass is 10.1. The molecule has 8 heteroatoms. The van der Waals surface area contributed by atoms with Crippen LogP contribution >= 0.6 is 11.6 Å². The molecule has 0 atom stereocenters. The van der Waals surface area contributed by atoms with Crippen LogP contribution in [0.4, 0.5) is 11.6 Å². The number of H-pyrrole nitrogens is 1. The van der Waals surface area contributed by atoms with E-state index in [1.54, 1.807) is 10.9 Å². The van der Waals surface area contributed by atoms with Gasteiger partial charge in [0.2, 0.25) is 5.95 Å². The molecule has 1 aliphatic rings. The minimum absolute atomic E-state index is 0.613. The topological polar surface area (TPSA) is 83.5 Å². The van der Waals surface area contributed by atoms with E-state index in [0.717, 1.165) is 41.9 Å². The van der Waals surface area contributed by atoms with Crippen molar-refractivity contribution in [2.75, 3.05) is 18.4 Å². The zero-order valence-corrected chi connectivity index (χ0v) is 13.4. The summed E-state index contributed by atoms with van der Waals surface area (Å²) in [5.74, 6) is 1.42. The summed E-state index contributed by atoms with van der Waals surface area (Å²) in [4.78, 5) is 4.60. The van der Waals surface area contributed by atoms with E-state index in [2.05, 4.69) is 37.0 Å². The summed E-state index contributed by atoms with van der Waals surface area (Å²) in [6, 6.07) is 3.84. The molecule has 0 bridgehead atoms. The Labute approximate surface area is 137 Å². The number of halogens is 1. The average molecular weight is 330 g/mol. The number of hydrogen-bond donors (Lipinski definition) is 3. The van der Waals surface area contributed by atoms with E-state index < -0.39 is 0 Å². The molecule has 0 saturated carbocycles. The number of nitrogens with one attached hydrogen (secondary N) is 3. The monoisotopic (exact) mass is 329 g/mol. The van der Waals surface area contributed by atoms with Gasteiger partial charge >= 0.3 is 0 Å². The molecule has 3 N–H and O–H groups in total. The number of fused-ring (bicyclic) bond motifs is 1. The van der Waals surface area contributed by atoms with Crippen LogP contribution in [-0.2, 0) is 7.05 Å². The second-order valence-corrected chi connectivity index (χ2v) is 5.83. The lowest BCUT2D eigenvalue weighted by molar-refractivity contribution is 0.727. The number of nitrogens with zero attached hydrogens (tertiary/aromatic N) is 4. The Morgan fingerprint density at radius 3 is 3.09 bits per heavy atom. The molecule has 2 aromatic heterocycles. The number of hydrogen-bond acceptors (Lipinski definition) is 5. The minimum Gasteiger partial charge on any atom is -0.323 e. The lowest BCUT2D eigenvalue weighted by Gasteiger charge is -2.10. The SMILES string of the molecule is Cn1nc(C2=CCNCC2)nc1Nc1ccc2[nH]ncc2c1Cl. The predicted molar refractivity (Wildman–Crippen MR) is 90.9 cm³/mol. The largest absolute Gasteiger partial charge is 0.323 e. The molecule has 1 aromatic carbocycles. The van der Waals surface area contributed by atoms with Crippen LogP contribution < -0.4 is 10.6 Å². The van der Waals surface area contributed by atoms with Crippen LogP contribution in [0.1, 0.15) is 12.2 Å². The Balaban J connectivity index is 1.66. The van der Waals surface area contributed by atoms with Crippen LogP contribution in [0.2, 0.25) is 5.02 Å². The number of benzene rings is 1. The van der Waals surface area contributed by atoms with Crippen LogP contribution in [0.25, 0.3) is 16.5 Å². The zero-order chi connectivity index (χ0) is 15.8. The van der Waals surface area contributed by atoms with Gasteiger partial charge in [0.15, 0.2) is 5.82 Å². The van der Waals surface area contributed by atoms with E-state index >= 15 is 0 Å². The molecule has 3 heterocycles. The van der Waals surface area contributed by atoms with E-state index in [1.807, 2.05) is 19.2 Å². The van der Waals surface area contributed by atoms with Crippen molar-refractivity contribution in [3.8, 4) is 0 Å². The molecule has 118 valence electrons. The summed E-state index contributed by atoms with van der Waals surface area (Å²) in [6.45, 7) is 1.81. The van der Waals surface area contributed by atoms with Gasteiger partial charge in [-0.3, -0.25) is 5.10 Å². The van der Waals surface area contributed by atoms with Crippen molar-refractivity contribution in [1.29, 1.82) is 0 Å². The highest BCUT2D eigenvalue weighted by Gasteiger charge is 2.15. The standard InChI is InChI=1S/C15H16ClN7/c1-23-15(20-14(22-23)9-4-6-17-7-5-9)19-12-3-2-11-10(13(12)16)8-18-21-11/h2-4,8,17H,5-7H2,1H3,(H,18,21)(H,19,20,22). The highest BCUT2D eigenvalue weighted by Crippen LogP contribution is 2.31. The number of aromatic nitrogens is 5. The van der Waals surface area contributed by atoms with Gasteiger partial charge < -0.3 is 10.6 Å². The normalized spacial score (nSPS) is 15.0. The minimum atomic E-state index is 0.613. The van der Waals surface area contributed by atoms with E-state index in [9.17, 15) is 0 Å². The fourth-order valence-corrected chi connectivity index (χ4v) is 2.92. The maximum Gasteiger partial charge on any atom is 0.225 e. The molecule has 3 aromatic rings. The average Bonchev–Trinajstić information content (AvgIpc) is 3.19. The summed E-state index contributed by atoms with van der Waals surface area (Å²) >= 11 is 6.44. The van der Waals surface area contributed by atoms with Crippen LogP contribution in [0, 0.1) is 0 Å². The molecule has 0 aliphatic carbocycles. The van der Waals surface area contributed by atoms with Crippen molar-refractivity contribution < 1.29 is 0 Å². The van der Waals surface area contributed by atoms with Crippen LogP contribution in [0.3, 0.4) is 0 Å². The molecule has 0 saturated heterocycles. The molecule has 0 spiro atoms. The van der Waals surface area contributed by atoms with Crippen LogP contribution in [0.5, 0.6) is 0 Å². The Bertz CT molecular complexity index is 893. The van der Waals surface area contributed by atoms with Gasteiger partial charge in [-0.1, -0.05) is 17.7 Å². The molecule has 0 amide bonds. The van der Waals surface area contributed by atoms with E-state index in [-0.39, 0.29) is 0 Å². The quantitative estimate of drug-likeness (QED) is 0.687. The Morgan fingerprint density at radius 2 is 2.26 bits per heavy atom. The summed E-state index contributed by atoms with van der Waals surface area (Å²) in [7, 11) is 1.87. The van der Waals surface area contributed by atoms with Gasteiger partial charge in [0, 0.05) is 19.0 Å². The fourth-order valence-electron chi connectivity index (χ4n) is 2.65. The predicted octanol–water partition coefficient (Wildman–Crippen LogP) is 2.47. The van der Waals surface area contributed by atoms with Crippen molar-refractivity contribution >= 4 is 39.7 Å². The van der Waals surface area contributed by atoms with Crippen molar-refractivity contribution in [2.45, 2.75) is 6.42 Å². The molecular formula is C15H16ClN7. The van der Waals surface area contributed by atoms with Crippen LogP contribution in [0.15, 0.2) is 24.4 Å². The number of anilines is 2. The Kier molecular flexibility index (Phi) is 3.51. The molecule has 1 aliphatic heterocycles. The van der Waals surface area contributed by atoms with Crippen molar-refractivity contribution in [1.82, 2.24) is 30.3 Å². The highest BCUT2D eigenvalue weighted by molar-refractivity contribution is 6.38. The van der Waals surface area contributed by atoms with Gasteiger partial charge in [-0.25, -0.2) is 4.68 Å². The summed E-state index contributed by atoms with van der Waals surface area (Å²) < 4.78 is 1.73. The first kappa shape index (κ1) is 14.2. The molecular weight excluding hydrogens is 314 g/mol. The highest BCUT2D eigenvalue weighted by atomic mass is 35.5. The van der Waals surface area contributed by atoms with Crippen molar-refractivity contribution in [2.24, 2.45) is 7.05 Å². The second-order valence-electron chi connectivity index (χ2n) is 5.45. The smallest absolute Gasteiger partial charge is 0.225 e. The van der Waals surface area contributed by atoms with Gasteiger partial charge in [0.1, 0.15) is 0 Å². The molecule has 4 rings (SSSR count). The third-order valence-corrected chi connectivity index (χ3v) is 4.33. The fraction of sp³-hybridized carbons (Fsp3) is 0.267. The second kappa shape index (κ2) is 5.68. The Morgan fingerprint density at radius 1 is 1.35 bits per heavy atom. The van der Waals surface area contributed by atoms with Gasteiger partial charge in [0.05, 0.1) is 22.4 Å². The van der Waals surface area contributed by atoms with Crippen LogP contribution in [-0.4, -0.2) is 38.1 Å². The van der Waals surface area contributed by atoms with Gasteiger partial charge in [0.25, 0.3) is 0 Å². The first-order valence-corrected chi connectivity index (χ1v) is 7.80. The van der Waals surface area contributed by atoms with Crippen molar-refractivity contribution in [3.63, 3.8) is 0 Å². The lowest BCUT2D eigenvalue weighted by Crippen LogP contribution is -2.20. The first-order valence-electron chi connectivity index (χ1n) is 7.42. The third kappa shape index (κ3) is 2.58. The third-order valence-electron chi connectivity index (χ3n) is 3.92. The summed E-state index contributed by atoms with van der Waals surface area (Å²) in [5, 5.41) is 19.4. The van der Waals surface area contributed by atoms with E-state index in [4.69, 9.17) is 11.6 Å².